The summed E-state index contributed by atoms with van der Waals surface area (Å²) in [7, 11) is 5.46. The van der Waals surface area contributed by atoms with Gasteiger partial charge in [0.2, 0.25) is 7.41 Å². The van der Waals surface area contributed by atoms with Crippen LogP contribution in [0.15, 0.2) is 78.9 Å². The zero-order valence-electron chi connectivity index (χ0n) is 20.3. The third-order valence-electron chi connectivity index (χ3n) is 6.50. The van der Waals surface area contributed by atoms with Gasteiger partial charge in [0.25, 0.3) is 0 Å². The van der Waals surface area contributed by atoms with Gasteiger partial charge in [-0.05, 0) is 48.0 Å². The van der Waals surface area contributed by atoms with Crippen molar-refractivity contribution in [3.63, 3.8) is 0 Å². The van der Waals surface area contributed by atoms with Gasteiger partial charge >= 0.3 is 0 Å². The Morgan fingerprint density at radius 3 is 1.80 bits per heavy atom. The summed E-state index contributed by atoms with van der Waals surface area (Å²) in [6.45, 7) is 0.0609. The highest BCUT2D eigenvalue weighted by Gasteiger charge is 2.45. The molecule has 0 aliphatic carbocycles. The van der Waals surface area contributed by atoms with Gasteiger partial charge in [-0.25, -0.2) is 0 Å². The number of rotatable bonds is 10. The Labute approximate surface area is 206 Å². The van der Waals surface area contributed by atoms with E-state index in [1.807, 2.05) is 78.9 Å². The Balaban J connectivity index is 1.79. The van der Waals surface area contributed by atoms with Crippen molar-refractivity contribution in [2.45, 2.75) is 29.9 Å². The van der Waals surface area contributed by atoms with Crippen LogP contribution in [-0.4, -0.2) is 69.8 Å². The monoisotopic (exact) mass is 477 g/mol. The van der Waals surface area contributed by atoms with Crippen molar-refractivity contribution in [3.05, 3.63) is 95.6 Å². The number of nitrogens with one attached hydrogen (secondary N) is 1. The number of aliphatic hydroxyl groups excluding tert-OH is 2. The molecule has 0 aromatic heterocycles. The fourth-order valence-corrected chi connectivity index (χ4v) is 4.61. The SMILES string of the molecule is CNB[C@@H]1O[C@H](COC(c2ccccc2)(c2ccc(OC)cc2)c2ccc(OC)cc2)C(O)[C@@H]1O. The molecule has 3 aromatic carbocycles. The second-order valence-corrected chi connectivity index (χ2v) is 8.57. The van der Waals surface area contributed by atoms with Crippen LogP contribution in [0.2, 0.25) is 0 Å². The molecule has 0 radical (unpaired) electrons. The minimum Gasteiger partial charge on any atom is -0.497 e. The number of hydrogen-bond acceptors (Lipinski definition) is 7. The summed E-state index contributed by atoms with van der Waals surface area (Å²) >= 11 is 0. The molecule has 184 valence electrons. The zero-order valence-corrected chi connectivity index (χ0v) is 20.3. The quantitative estimate of drug-likeness (QED) is 0.304. The summed E-state index contributed by atoms with van der Waals surface area (Å²) in [5.41, 5.74) is 1.66. The van der Waals surface area contributed by atoms with Crippen molar-refractivity contribution in [1.82, 2.24) is 5.23 Å². The Bertz CT molecular complexity index is 1020. The Morgan fingerprint density at radius 1 is 0.800 bits per heavy atom. The summed E-state index contributed by atoms with van der Waals surface area (Å²) in [5.74, 6) is 1.47. The first-order valence-corrected chi connectivity index (χ1v) is 11.7. The minimum atomic E-state index is -1.06. The fraction of sp³-hybridized carbons (Fsp3) is 0.333. The van der Waals surface area contributed by atoms with E-state index in [0.717, 1.165) is 28.2 Å². The van der Waals surface area contributed by atoms with Crippen molar-refractivity contribution < 1.29 is 29.2 Å². The predicted octanol–water partition coefficient (Wildman–Crippen LogP) is 2.03. The number of aliphatic hydroxyl groups is 2. The van der Waals surface area contributed by atoms with Crippen LogP contribution < -0.4 is 14.7 Å². The van der Waals surface area contributed by atoms with Crippen LogP contribution in [0.1, 0.15) is 16.7 Å². The van der Waals surface area contributed by atoms with Gasteiger partial charge in [-0.2, -0.15) is 0 Å². The lowest BCUT2D eigenvalue weighted by molar-refractivity contribution is -0.0755. The number of hydrogen-bond donors (Lipinski definition) is 3. The third-order valence-corrected chi connectivity index (χ3v) is 6.50. The van der Waals surface area contributed by atoms with Crippen LogP contribution in [0.5, 0.6) is 11.5 Å². The lowest BCUT2D eigenvalue weighted by Gasteiger charge is -2.37. The van der Waals surface area contributed by atoms with Gasteiger partial charge in [-0.3, -0.25) is 0 Å². The second-order valence-electron chi connectivity index (χ2n) is 8.57. The molecule has 1 aliphatic rings. The van der Waals surface area contributed by atoms with Crippen LogP contribution >= 0.6 is 0 Å². The van der Waals surface area contributed by atoms with Crippen LogP contribution in [-0.2, 0) is 15.1 Å². The number of ether oxygens (including phenoxy) is 4. The maximum absolute atomic E-state index is 10.7. The highest BCUT2D eigenvalue weighted by atomic mass is 16.6. The molecule has 0 bridgehead atoms. The summed E-state index contributed by atoms with van der Waals surface area (Å²) in [4.78, 5) is 0. The standard InChI is InChI=1S/C27H32BNO6/c1-29-28-26-25(31)24(30)23(35-26)17-34-27(18-7-5-4-6-8-18,19-9-13-21(32-2)14-10-19)20-11-15-22(33-3)16-12-20/h4-16,23-26,28-31H,17H2,1-3H3/t23-,24?,25+,26-/m1/s1. The normalized spacial score (nSPS) is 22.1. The van der Waals surface area contributed by atoms with Gasteiger partial charge in [0.05, 0.1) is 26.8 Å². The maximum Gasteiger partial charge on any atom is 0.237 e. The molecule has 0 amide bonds. The van der Waals surface area contributed by atoms with E-state index in [0.29, 0.717) is 7.41 Å². The first kappa shape index (κ1) is 25.2. The van der Waals surface area contributed by atoms with Crippen LogP contribution in [0.3, 0.4) is 0 Å². The summed E-state index contributed by atoms with van der Waals surface area (Å²) < 4.78 is 23.5. The van der Waals surface area contributed by atoms with Gasteiger partial charge in [0.1, 0.15) is 35.4 Å². The highest BCUT2D eigenvalue weighted by molar-refractivity contribution is 6.34. The van der Waals surface area contributed by atoms with Crippen LogP contribution in [0, 0.1) is 0 Å². The molecule has 1 fully saturated rings. The number of benzene rings is 3. The predicted molar refractivity (Wildman–Crippen MR) is 135 cm³/mol. The summed E-state index contributed by atoms with van der Waals surface area (Å²) in [6, 6.07) is 24.9. The summed E-state index contributed by atoms with van der Waals surface area (Å²) in [5, 5.41) is 24.1. The first-order chi connectivity index (χ1) is 17.0. The Kier molecular flexibility index (Phi) is 8.10. The molecule has 1 aliphatic heterocycles. The van der Waals surface area contributed by atoms with Crippen molar-refractivity contribution >= 4 is 7.41 Å². The van der Waals surface area contributed by atoms with Crippen molar-refractivity contribution in [3.8, 4) is 11.5 Å². The fourth-order valence-electron chi connectivity index (χ4n) is 4.61. The topological polar surface area (TPSA) is 89.4 Å². The van der Waals surface area contributed by atoms with E-state index in [2.05, 4.69) is 5.23 Å². The average molecular weight is 477 g/mol. The lowest BCUT2D eigenvalue weighted by Crippen LogP contribution is -2.40. The molecule has 1 heterocycles. The second kappa shape index (κ2) is 11.2. The molecule has 0 saturated carbocycles. The molecule has 7 nitrogen and oxygen atoms in total. The molecule has 4 atom stereocenters. The van der Waals surface area contributed by atoms with E-state index in [1.165, 1.54) is 0 Å². The summed E-state index contributed by atoms with van der Waals surface area (Å²) in [6.07, 6.45) is -2.75. The van der Waals surface area contributed by atoms with Gasteiger partial charge in [0, 0.05) is 0 Å². The molecule has 4 rings (SSSR count). The van der Waals surface area contributed by atoms with Crippen molar-refractivity contribution in [1.29, 1.82) is 0 Å². The molecule has 3 N–H and O–H groups in total. The van der Waals surface area contributed by atoms with E-state index in [9.17, 15) is 10.2 Å². The van der Waals surface area contributed by atoms with Crippen molar-refractivity contribution in [2.75, 3.05) is 27.9 Å². The zero-order chi connectivity index (χ0) is 24.8. The van der Waals surface area contributed by atoms with Crippen LogP contribution in [0.4, 0.5) is 0 Å². The van der Waals surface area contributed by atoms with Crippen LogP contribution in [0.25, 0.3) is 0 Å². The van der Waals surface area contributed by atoms with Crippen molar-refractivity contribution in [2.24, 2.45) is 0 Å². The molecule has 1 unspecified atom stereocenters. The molecule has 3 aromatic rings. The Hall–Kier alpha value is -2.88. The lowest BCUT2D eigenvalue weighted by atomic mass is 9.80. The molecule has 35 heavy (non-hydrogen) atoms. The van der Waals surface area contributed by atoms with Gasteiger partial charge in [-0.15, -0.1) is 0 Å². The van der Waals surface area contributed by atoms with Gasteiger partial charge in [-0.1, -0.05) is 54.6 Å². The average Bonchev–Trinajstić information content (AvgIpc) is 3.18. The highest BCUT2D eigenvalue weighted by Crippen LogP contribution is 2.42. The van der Waals surface area contributed by atoms with Gasteiger partial charge in [0.15, 0.2) is 0 Å². The van der Waals surface area contributed by atoms with E-state index in [-0.39, 0.29) is 6.61 Å². The number of methoxy groups -OCH3 is 2. The molecular formula is C27H32BNO6. The third kappa shape index (κ3) is 5.08. The molecular weight excluding hydrogens is 445 g/mol. The maximum atomic E-state index is 10.7. The first-order valence-electron chi connectivity index (χ1n) is 11.7. The molecule has 8 heteroatoms. The minimum absolute atomic E-state index is 0.0609. The van der Waals surface area contributed by atoms with E-state index in [4.69, 9.17) is 18.9 Å². The molecule has 1 saturated heterocycles. The van der Waals surface area contributed by atoms with E-state index in [1.54, 1.807) is 21.3 Å². The Morgan fingerprint density at radius 2 is 1.31 bits per heavy atom. The van der Waals surface area contributed by atoms with E-state index < -0.39 is 29.9 Å². The van der Waals surface area contributed by atoms with Gasteiger partial charge < -0.3 is 34.4 Å². The largest absolute Gasteiger partial charge is 0.497 e. The van der Waals surface area contributed by atoms with E-state index >= 15 is 0 Å². The smallest absolute Gasteiger partial charge is 0.237 e. The molecule has 0 spiro atoms.